The van der Waals surface area contributed by atoms with Crippen molar-refractivity contribution in [1.29, 1.82) is 0 Å². The third kappa shape index (κ3) is 1.90. The van der Waals surface area contributed by atoms with Gasteiger partial charge in [0.2, 0.25) is 0 Å². The lowest BCUT2D eigenvalue weighted by Gasteiger charge is -2.25. The molecule has 1 aromatic rings. The molecule has 1 saturated heterocycles. The van der Waals surface area contributed by atoms with Crippen molar-refractivity contribution in [2.45, 2.75) is 12.8 Å². The predicted octanol–water partition coefficient (Wildman–Crippen LogP) is 1.25. The lowest BCUT2D eigenvalue weighted by atomic mass is 10.2. The Balaban J connectivity index is 2.07. The van der Waals surface area contributed by atoms with E-state index in [1.54, 1.807) is 24.5 Å². The number of hydrogen-bond acceptors (Lipinski definition) is 3. The third-order valence-electron chi connectivity index (χ3n) is 2.14. The van der Waals surface area contributed by atoms with Gasteiger partial charge in [0.05, 0.1) is 12.2 Å². The first-order valence-corrected chi connectivity index (χ1v) is 4.73. The van der Waals surface area contributed by atoms with E-state index < -0.39 is 0 Å². The van der Waals surface area contributed by atoms with Gasteiger partial charge in [0, 0.05) is 18.9 Å². The van der Waals surface area contributed by atoms with Gasteiger partial charge < -0.3 is 0 Å². The molecule has 1 amide bonds. The maximum atomic E-state index is 11.8. The summed E-state index contributed by atoms with van der Waals surface area (Å²) in [5.74, 6) is -0.0993. The second kappa shape index (κ2) is 4.19. The van der Waals surface area contributed by atoms with Gasteiger partial charge >= 0.3 is 0 Å². The van der Waals surface area contributed by atoms with Crippen molar-refractivity contribution in [3.63, 3.8) is 0 Å². The summed E-state index contributed by atoms with van der Waals surface area (Å²) in [5, 5.41) is 1.42. The molecule has 4 nitrogen and oxygen atoms in total. The Hall–Kier alpha value is -1.42. The first-order valence-electron chi connectivity index (χ1n) is 4.73. The molecule has 0 aromatic carbocycles. The van der Waals surface area contributed by atoms with Crippen LogP contribution < -0.4 is 0 Å². The van der Waals surface area contributed by atoms with Crippen molar-refractivity contribution in [3.05, 3.63) is 30.1 Å². The molecule has 0 N–H and O–H groups in total. The molecule has 74 valence electrons. The highest BCUT2D eigenvalue weighted by Crippen LogP contribution is 2.10. The molecule has 2 heterocycles. The van der Waals surface area contributed by atoms with Gasteiger partial charge in [-0.2, -0.15) is 0 Å². The normalized spacial score (nSPS) is 16.7. The fraction of sp³-hybridized carbons (Fsp3) is 0.400. The van der Waals surface area contributed by atoms with Crippen molar-refractivity contribution >= 4 is 5.91 Å². The number of amides is 1. The minimum atomic E-state index is -0.0993. The predicted molar refractivity (Wildman–Crippen MR) is 50.5 cm³/mol. The molecule has 2 rings (SSSR count). The highest BCUT2D eigenvalue weighted by atomic mass is 16.7. The molecule has 4 heteroatoms. The maximum Gasteiger partial charge on any atom is 0.278 e. The van der Waals surface area contributed by atoms with Crippen LogP contribution in [0.2, 0.25) is 0 Å². The summed E-state index contributed by atoms with van der Waals surface area (Å²) in [4.78, 5) is 20.9. The summed E-state index contributed by atoms with van der Waals surface area (Å²) in [5.41, 5.74) is 0.578. The number of carbonyl (C=O) groups excluding carboxylic acids is 1. The molecule has 0 radical (unpaired) electrons. The van der Waals surface area contributed by atoms with E-state index in [9.17, 15) is 4.79 Å². The van der Waals surface area contributed by atoms with Gasteiger partial charge in [-0.3, -0.25) is 14.6 Å². The largest absolute Gasteiger partial charge is 0.278 e. The lowest BCUT2D eigenvalue weighted by molar-refractivity contribution is -0.144. The van der Waals surface area contributed by atoms with E-state index in [0.717, 1.165) is 12.8 Å². The number of aromatic nitrogens is 1. The number of rotatable bonds is 1. The number of nitrogens with zero attached hydrogens (tertiary/aromatic N) is 2. The van der Waals surface area contributed by atoms with Crippen LogP contribution in [0.5, 0.6) is 0 Å². The molecular weight excluding hydrogens is 180 g/mol. The maximum absolute atomic E-state index is 11.8. The summed E-state index contributed by atoms with van der Waals surface area (Å²) in [7, 11) is 0. The molecule has 0 spiro atoms. The van der Waals surface area contributed by atoms with Crippen molar-refractivity contribution in [1.82, 2.24) is 10.0 Å². The molecular formula is C10H12N2O2. The van der Waals surface area contributed by atoms with Gasteiger partial charge in [0.15, 0.2) is 0 Å². The molecule has 14 heavy (non-hydrogen) atoms. The van der Waals surface area contributed by atoms with Crippen LogP contribution in [0, 0.1) is 0 Å². The zero-order valence-corrected chi connectivity index (χ0v) is 7.85. The van der Waals surface area contributed by atoms with Gasteiger partial charge in [-0.15, -0.1) is 0 Å². The lowest BCUT2D eigenvalue weighted by Crippen LogP contribution is -2.35. The molecule has 1 aliphatic heterocycles. The highest BCUT2D eigenvalue weighted by molar-refractivity contribution is 5.93. The average Bonchev–Trinajstić information content (AvgIpc) is 2.30. The number of hydroxylamine groups is 2. The van der Waals surface area contributed by atoms with Crippen molar-refractivity contribution < 1.29 is 9.63 Å². The minimum Gasteiger partial charge on any atom is -0.271 e. The fourth-order valence-corrected chi connectivity index (χ4v) is 1.39. The monoisotopic (exact) mass is 192 g/mol. The smallest absolute Gasteiger partial charge is 0.271 e. The van der Waals surface area contributed by atoms with Crippen LogP contribution in [0.3, 0.4) is 0 Å². The summed E-state index contributed by atoms with van der Waals surface area (Å²) < 4.78 is 0. The van der Waals surface area contributed by atoms with Crippen LogP contribution in [0.15, 0.2) is 24.5 Å². The summed E-state index contributed by atoms with van der Waals surface area (Å²) in [6, 6.07) is 3.49. The van der Waals surface area contributed by atoms with E-state index in [4.69, 9.17) is 4.84 Å². The Morgan fingerprint density at radius 1 is 1.50 bits per heavy atom. The number of hydrogen-bond donors (Lipinski definition) is 0. The fourth-order valence-electron chi connectivity index (χ4n) is 1.39. The van der Waals surface area contributed by atoms with Gasteiger partial charge in [-0.05, 0) is 25.0 Å². The van der Waals surface area contributed by atoms with E-state index in [0.29, 0.717) is 18.7 Å². The Labute approximate surface area is 82.5 Å². The first-order chi connectivity index (χ1) is 6.88. The molecule has 1 aromatic heterocycles. The molecule has 0 atom stereocenters. The summed E-state index contributed by atoms with van der Waals surface area (Å²) in [6.07, 6.45) is 5.23. The summed E-state index contributed by atoms with van der Waals surface area (Å²) in [6.45, 7) is 1.31. The van der Waals surface area contributed by atoms with Crippen LogP contribution >= 0.6 is 0 Å². The van der Waals surface area contributed by atoms with E-state index >= 15 is 0 Å². The highest BCUT2D eigenvalue weighted by Gasteiger charge is 2.18. The average molecular weight is 192 g/mol. The van der Waals surface area contributed by atoms with E-state index in [1.807, 2.05) is 0 Å². The van der Waals surface area contributed by atoms with Gasteiger partial charge in [-0.25, -0.2) is 5.06 Å². The van der Waals surface area contributed by atoms with Crippen molar-refractivity contribution in [2.75, 3.05) is 13.2 Å². The van der Waals surface area contributed by atoms with Gasteiger partial charge in [0.25, 0.3) is 5.91 Å². The SMILES string of the molecule is O=C(c1cccnc1)N1CCCCO1. The van der Waals surface area contributed by atoms with Gasteiger partial charge in [0.1, 0.15) is 0 Å². The standard InChI is InChI=1S/C10H12N2O2/c13-10(9-4-3-5-11-8-9)12-6-1-2-7-14-12/h3-5,8H,1-2,6-7H2. The summed E-state index contributed by atoms with van der Waals surface area (Å²) >= 11 is 0. The quantitative estimate of drug-likeness (QED) is 0.672. The van der Waals surface area contributed by atoms with E-state index in [2.05, 4.69) is 4.98 Å². The van der Waals surface area contributed by atoms with Crippen LogP contribution in [-0.4, -0.2) is 29.1 Å². The zero-order chi connectivity index (χ0) is 9.80. The van der Waals surface area contributed by atoms with Crippen molar-refractivity contribution in [3.8, 4) is 0 Å². The number of carbonyl (C=O) groups is 1. The molecule has 0 aliphatic carbocycles. The molecule has 0 unspecified atom stereocenters. The first kappa shape index (κ1) is 9.15. The molecule has 1 aliphatic rings. The molecule has 0 saturated carbocycles. The third-order valence-corrected chi connectivity index (χ3v) is 2.14. The minimum absolute atomic E-state index is 0.0993. The Morgan fingerprint density at radius 3 is 3.07 bits per heavy atom. The van der Waals surface area contributed by atoms with E-state index in [-0.39, 0.29) is 5.91 Å². The van der Waals surface area contributed by atoms with Crippen LogP contribution in [-0.2, 0) is 4.84 Å². The Kier molecular flexibility index (Phi) is 2.74. The second-order valence-electron chi connectivity index (χ2n) is 3.19. The Morgan fingerprint density at radius 2 is 2.43 bits per heavy atom. The second-order valence-corrected chi connectivity index (χ2v) is 3.19. The van der Waals surface area contributed by atoms with Crippen LogP contribution in [0.1, 0.15) is 23.2 Å². The van der Waals surface area contributed by atoms with Gasteiger partial charge in [-0.1, -0.05) is 0 Å². The number of pyridine rings is 1. The van der Waals surface area contributed by atoms with Crippen LogP contribution in [0.4, 0.5) is 0 Å². The van der Waals surface area contributed by atoms with Crippen molar-refractivity contribution in [2.24, 2.45) is 0 Å². The van der Waals surface area contributed by atoms with Crippen LogP contribution in [0.25, 0.3) is 0 Å². The van der Waals surface area contributed by atoms with E-state index in [1.165, 1.54) is 5.06 Å². The molecule has 0 bridgehead atoms. The molecule has 1 fully saturated rings. The topological polar surface area (TPSA) is 42.4 Å². The zero-order valence-electron chi connectivity index (χ0n) is 7.85. The Bertz CT molecular complexity index is 307.